The number of ether oxygens (including phenoxy) is 1. The quantitative estimate of drug-likeness (QED) is 0.484. The van der Waals surface area contributed by atoms with Gasteiger partial charge in [0.25, 0.3) is 5.56 Å². The molecule has 0 aliphatic carbocycles. The van der Waals surface area contributed by atoms with E-state index in [0.717, 1.165) is 50.5 Å². The molecule has 32 heavy (non-hydrogen) atoms. The molecule has 0 amide bonds. The van der Waals surface area contributed by atoms with Gasteiger partial charge >= 0.3 is 0 Å². The van der Waals surface area contributed by atoms with Crippen molar-refractivity contribution < 1.29 is 14.3 Å². The second-order valence-electron chi connectivity index (χ2n) is 8.12. The average molecular weight is 441 g/mol. The van der Waals surface area contributed by atoms with Crippen LogP contribution in [0.3, 0.4) is 0 Å². The lowest BCUT2D eigenvalue weighted by Crippen LogP contribution is -2.49. The van der Waals surface area contributed by atoms with Gasteiger partial charge in [0.15, 0.2) is 0 Å². The van der Waals surface area contributed by atoms with Crippen molar-refractivity contribution in [2.75, 3.05) is 52.5 Å². The van der Waals surface area contributed by atoms with Crippen molar-refractivity contribution in [2.24, 2.45) is 0 Å². The lowest BCUT2D eigenvalue weighted by molar-refractivity contribution is 0.0459. The molecule has 0 saturated carbocycles. The number of furan rings is 1. The van der Waals surface area contributed by atoms with Crippen LogP contribution in [0.4, 0.5) is 0 Å². The van der Waals surface area contributed by atoms with E-state index in [0.29, 0.717) is 30.9 Å². The number of aliphatic hydroxyl groups is 1. The van der Waals surface area contributed by atoms with Gasteiger partial charge in [0.05, 0.1) is 38.7 Å². The molecule has 1 aromatic carbocycles. The molecular formula is C24H32N4O4. The number of rotatable bonds is 10. The topological polar surface area (TPSA) is 84.0 Å². The van der Waals surface area contributed by atoms with Gasteiger partial charge in [-0.15, -0.1) is 0 Å². The lowest BCUT2D eigenvalue weighted by Gasteiger charge is -2.39. The van der Waals surface area contributed by atoms with Gasteiger partial charge in [0.2, 0.25) is 5.71 Å². The molecule has 1 saturated heterocycles. The molecule has 1 unspecified atom stereocenters. The molecule has 3 heterocycles. The molecule has 1 aliphatic heterocycles. The van der Waals surface area contributed by atoms with Crippen LogP contribution in [0, 0.1) is 0 Å². The van der Waals surface area contributed by atoms with E-state index in [1.165, 1.54) is 6.26 Å². The minimum Gasteiger partial charge on any atom is -0.446 e. The third-order valence-electron chi connectivity index (χ3n) is 6.12. The second kappa shape index (κ2) is 10.9. The summed E-state index contributed by atoms with van der Waals surface area (Å²) in [4.78, 5) is 23.0. The first-order valence-corrected chi connectivity index (χ1v) is 11.4. The first-order chi connectivity index (χ1) is 15.7. The van der Waals surface area contributed by atoms with E-state index in [9.17, 15) is 4.79 Å². The molecule has 0 spiro atoms. The maximum absolute atomic E-state index is 13.3. The molecule has 2 aromatic heterocycles. The van der Waals surface area contributed by atoms with Crippen molar-refractivity contribution in [3.8, 4) is 0 Å². The van der Waals surface area contributed by atoms with Crippen LogP contribution in [0.2, 0.25) is 0 Å². The van der Waals surface area contributed by atoms with Crippen LogP contribution >= 0.6 is 0 Å². The van der Waals surface area contributed by atoms with Gasteiger partial charge in [0, 0.05) is 32.7 Å². The van der Waals surface area contributed by atoms with Crippen molar-refractivity contribution in [2.45, 2.75) is 25.9 Å². The Labute approximate surface area is 188 Å². The highest BCUT2D eigenvalue weighted by Gasteiger charge is 2.28. The molecular weight excluding hydrogens is 408 g/mol. The second-order valence-corrected chi connectivity index (χ2v) is 8.12. The highest BCUT2D eigenvalue weighted by Crippen LogP contribution is 2.25. The van der Waals surface area contributed by atoms with E-state index >= 15 is 0 Å². The number of benzene rings is 1. The highest BCUT2D eigenvalue weighted by molar-refractivity contribution is 5.71. The third-order valence-corrected chi connectivity index (χ3v) is 6.12. The number of nitrogens with zero attached hydrogens (tertiary/aromatic N) is 4. The Morgan fingerprint density at radius 1 is 1.12 bits per heavy atom. The molecule has 1 N–H and O–H groups in total. The lowest BCUT2D eigenvalue weighted by atomic mass is 10.1. The predicted molar refractivity (Wildman–Crippen MR) is 123 cm³/mol. The van der Waals surface area contributed by atoms with Gasteiger partial charge in [-0.05, 0) is 18.1 Å². The van der Waals surface area contributed by atoms with Gasteiger partial charge in [-0.25, -0.2) is 0 Å². The Kier molecular flexibility index (Phi) is 7.70. The van der Waals surface area contributed by atoms with E-state index in [2.05, 4.69) is 16.7 Å². The summed E-state index contributed by atoms with van der Waals surface area (Å²) in [5.74, 6) is 0.767. The maximum atomic E-state index is 13.3. The van der Waals surface area contributed by atoms with Gasteiger partial charge in [0.1, 0.15) is 11.2 Å². The van der Waals surface area contributed by atoms with E-state index in [4.69, 9.17) is 19.2 Å². The average Bonchev–Trinajstić information content (AvgIpc) is 3.30. The molecule has 8 nitrogen and oxygen atoms in total. The van der Waals surface area contributed by atoms with Gasteiger partial charge < -0.3 is 14.3 Å². The Hall–Kier alpha value is -2.52. The fraction of sp³-hybridized carbons (Fsp3) is 0.500. The van der Waals surface area contributed by atoms with Crippen LogP contribution in [0.1, 0.15) is 30.8 Å². The molecule has 1 aliphatic rings. The first-order valence-electron chi connectivity index (χ1n) is 11.4. The molecule has 8 heteroatoms. The van der Waals surface area contributed by atoms with Crippen LogP contribution in [0.5, 0.6) is 0 Å². The number of piperazine rings is 1. The monoisotopic (exact) mass is 440 g/mol. The summed E-state index contributed by atoms with van der Waals surface area (Å²) in [6.07, 6.45) is 2.39. The minimum atomic E-state index is -0.0549. The van der Waals surface area contributed by atoms with Crippen LogP contribution in [-0.2, 0) is 11.3 Å². The molecule has 1 atom stereocenters. The van der Waals surface area contributed by atoms with Gasteiger partial charge in [-0.1, -0.05) is 37.3 Å². The molecule has 3 aromatic rings. The van der Waals surface area contributed by atoms with E-state index < -0.39 is 0 Å². The predicted octanol–water partition coefficient (Wildman–Crippen LogP) is 2.12. The van der Waals surface area contributed by atoms with E-state index in [-0.39, 0.29) is 18.2 Å². The maximum Gasteiger partial charge on any atom is 0.265 e. The van der Waals surface area contributed by atoms with Gasteiger partial charge in [-0.3, -0.25) is 19.2 Å². The van der Waals surface area contributed by atoms with Crippen molar-refractivity contribution in [3.05, 3.63) is 64.4 Å². The zero-order valence-corrected chi connectivity index (χ0v) is 18.7. The van der Waals surface area contributed by atoms with Crippen LogP contribution < -0.4 is 5.56 Å². The molecule has 172 valence electrons. The molecule has 0 bridgehead atoms. The van der Waals surface area contributed by atoms with E-state index in [1.807, 2.05) is 34.9 Å². The smallest absolute Gasteiger partial charge is 0.265 e. The van der Waals surface area contributed by atoms with Crippen LogP contribution in [0.15, 0.2) is 51.9 Å². The molecule has 1 fully saturated rings. The fourth-order valence-electron chi connectivity index (χ4n) is 4.40. The number of aromatic nitrogens is 2. The van der Waals surface area contributed by atoms with Crippen molar-refractivity contribution >= 4 is 11.1 Å². The Morgan fingerprint density at radius 2 is 1.91 bits per heavy atom. The fourth-order valence-corrected chi connectivity index (χ4v) is 4.40. The Balaban J connectivity index is 1.56. The van der Waals surface area contributed by atoms with Crippen LogP contribution in [-0.4, -0.2) is 77.0 Å². The number of aliphatic hydroxyl groups excluding tert-OH is 1. The zero-order chi connectivity index (χ0) is 22.3. The SMILES string of the molecule is CCC(c1nc2occc2c(=O)n1Cc1ccccc1)N1CCN(CCOCCO)CC1. The van der Waals surface area contributed by atoms with Crippen molar-refractivity contribution in [1.29, 1.82) is 0 Å². The summed E-state index contributed by atoms with van der Waals surface area (Å²) in [6.45, 7) is 8.24. The Morgan fingerprint density at radius 3 is 2.62 bits per heavy atom. The summed E-state index contributed by atoms with van der Waals surface area (Å²) in [7, 11) is 0. The zero-order valence-electron chi connectivity index (χ0n) is 18.7. The minimum absolute atomic E-state index is 0.0358. The van der Waals surface area contributed by atoms with Crippen molar-refractivity contribution in [1.82, 2.24) is 19.4 Å². The standard InChI is InChI=1S/C24H32N4O4/c1-2-21(27-11-9-26(10-12-27)13-16-31-17-14-29)22-25-23-20(8-15-32-23)24(30)28(22)18-19-6-4-3-5-7-19/h3-8,15,21,29H,2,9-14,16-18H2,1H3. The normalized spacial score (nSPS) is 16.6. The summed E-state index contributed by atoms with van der Waals surface area (Å²) in [5.41, 5.74) is 1.43. The van der Waals surface area contributed by atoms with Gasteiger partial charge in [-0.2, -0.15) is 4.98 Å². The molecule has 0 radical (unpaired) electrons. The van der Waals surface area contributed by atoms with E-state index in [1.54, 1.807) is 6.07 Å². The van der Waals surface area contributed by atoms with Crippen LogP contribution in [0.25, 0.3) is 11.1 Å². The number of hydrogen-bond donors (Lipinski definition) is 1. The Bertz CT molecular complexity index is 1040. The summed E-state index contributed by atoms with van der Waals surface area (Å²) < 4.78 is 12.7. The summed E-state index contributed by atoms with van der Waals surface area (Å²) in [5, 5.41) is 9.36. The van der Waals surface area contributed by atoms with Crippen molar-refractivity contribution in [3.63, 3.8) is 0 Å². The summed E-state index contributed by atoms with van der Waals surface area (Å²) in [6, 6.07) is 11.8. The largest absolute Gasteiger partial charge is 0.446 e. The number of fused-ring (bicyclic) bond motifs is 1. The highest BCUT2D eigenvalue weighted by atomic mass is 16.5. The third kappa shape index (κ3) is 5.10. The first kappa shape index (κ1) is 22.7. The molecule has 4 rings (SSSR count). The summed E-state index contributed by atoms with van der Waals surface area (Å²) >= 11 is 0. The number of hydrogen-bond acceptors (Lipinski definition) is 7.